The van der Waals surface area contributed by atoms with Gasteiger partial charge in [-0.25, -0.2) is 4.98 Å². The molecule has 3 aromatic rings. The lowest BCUT2D eigenvalue weighted by molar-refractivity contribution is 0.800. The molecule has 0 spiro atoms. The standard InChI is InChI=1S/C9H6BrN7S/c10-6-2-18-1-5(6)7-14-8(11)16-9(15-7)17-4-12-3-13-17/h1-4H,(H2,11,14,15,16). The zero-order valence-corrected chi connectivity index (χ0v) is 11.3. The maximum absolute atomic E-state index is 5.69. The third-order valence-electron chi connectivity index (χ3n) is 2.12. The molecular formula is C9H6BrN7S. The van der Waals surface area contributed by atoms with Gasteiger partial charge in [-0.1, -0.05) is 0 Å². The molecule has 0 aromatic carbocycles. The van der Waals surface area contributed by atoms with E-state index < -0.39 is 0 Å². The minimum atomic E-state index is 0.142. The molecule has 0 amide bonds. The average Bonchev–Trinajstić information content (AvgIpc) is 2.98. The quantitative estimate of drug-likeness (QED) is 0.768. The summed E-state index contributed by atoms with van der Waals surface area (Å²) in [6.07, 6.45) is 2.90. The summed E-state index contributed by atoms with van der Waals surface area (Å²) in [5.74, 6) is 0.984. The van der Waals surface area contributed by atoms with Crippen LogP contribution < -0.4 is 5.73 Å². The summed E-state index contributed by atoms with van der Waals surface area (Å²) in [4.78, 5) is 16.3. The summed E-state index contributed by atoms with van der Waals surface area (Å²) in [7, 11) is 0. The Morgan fingerprint density at radius 1 is 1.22 bits per heavy atom. The van der Waals surface area contributed by atoms with Gasteiger partial charge < -0.3 is 5.73 Å². The summed E-state index contributed by atoms with van der Waals surface area (Å²) < 4.78 is 2.35. The fourth-order valence-electron chi connectivity index (χ4n) is 1.36. The molecule has 0 aliphatic heterocycles. The molecule has 0 saturated heterocycles. The second-order valence-electron chi connectivity index (χ2n) is 3.29. The predicted octanol–water partition coefficient (Wildman–Crippen LogP) is 1.53. The van der Waals surface area contributed by atoms with Gasteiger partial charge in [-0.15, -0.1) is 0 Å². The van der Waals surface area contributed by atoms with Crippen LogP contribution in [0.5, 0.6) is 0 Å². The highest BCUT2D eigenvalue weighted by atomic mass is 79.9. The van der Waals surface area contributed by atoms with Crippen molar-refractivity contribution >= 4 is 33.2 Å². The van der Waals surface area contributed by atoms with E-state index in [-0.39, 0.29) is 5.95 Å². The van der Waals surface area contributed by atoms with Crippen LogP contribution in [-0.2, 0) is 0 Å². The average molecular weight is 324 g/mol. The van der Waals surface area contributed by atoms with Gasteiger partial charge in [0.1, 0.15) is 12.7 Å². The van der Waals surface area contributed by atoms with Crippen molar-refractivity contribution < 1.29 is 0 Å². The highest BCUT2D eigenvalue weighted by Gasteiger charge is 2.12. The van der Waals surface area contributed by atoms with Crippen molar-refractivity contribution in [1.82, 2.24) is 29.7 Å². The Morgan fingerprint density at radius 2 is 2.11 bits per heavy atom. The van der Waals surface area contributed by atoms with Crippen molar-refractivity contribution in [2.75, 3.05) is 5.73 Å². The molecule has 3 rings (SSSR count). The van der Waals surface area contributed by atoms with Crippen LogP contribution in [0.3, 0.4) is 0 Å². The second kappa shape index (κ2) is 4.42. The Morgan fingerprint density at radius 3 is 2.78 bits per heavy atom. The molecule has 3 aromatic heterocycles. The van der Waals surface area contributed by atoms with E-state index in [1.807, 2.05) is 10.8 Å². The normalized spacial score (nSPS) is 10.7. The lowest BCUT2D eigenvalue weighted by Gasteiger charge is -2.03. The molecule has 0 radical (unpaired) electrons. The van der Waals surface area contributed by atoms with E-state index in [2.05, 4.69) is 41.0 Å². The van der Waals surface area contributed by atoms with Gasteiger partial charge in [0.15, 0.2) is 5.82 Å². The fourth-order valence-corrected chi connectivity index (χ4v) is 2.81. The molecule has 3 heterocycles. The second-order valence-corrected chi connectivity index (χ2v) is 4.89. The molecule has 0 bridgehead atoms. The van der Waals surface area contributed by atoms with Crippen molar-refractivity contribution in [1.29, 1.82) is 0 Å². The van der Waals surface area contributed by atoms with Crippen molar-refractivity contribution in [3.05, 3.63) is 27.9 Å². The van der Waals surface area contributed by atoms with Gasteiger partial charge in [0.25, 0.3) is 5.95 Å². The van der Waals surface area contributed by atoms with Crippen molar-refractivity contribution in [2.45, 2.75) is 0 Å². The highest BCUT2D eigenvalue weighted by molar-refractivity contribution is 9.10. The Kier molecular flexibility index (Phi) is 2.76. The summed E-state index contributed by atoms with van der Waals surface area (Å²) in [6, 6.07) is 0. The molecule has 7 nitrogen and oxygen atoms in total. The van der Waals surface area contributed by atoms with E-state index in [9.17, 15) is 0 Å². The molecule has 0 saturated carbocycles. The van der Waals surface area contributed by atoms with Crippen LogP contribution in [0.25, 0.3) is 17.3 Å². The number of nitrogen functional groups attached to an aromatic ring is 1. The first-order chi connectivity index (χ1) is 8.74. The first kappa shape index (κ1) is 11.2. The van der Waals surface area contributed by atoms with Crippen LogP contribution in [0.1, 0.15) is 0 Å². The Hall–Kier alpha value is -1.87. The SMILES string of the molecule is Nc1nc(-c2cscc2Br)nc(-n2cncn2)n1. The number of anilines is 1. The molecular weight excluding hydrogens is 318 g/mol. The van der Waals surface area contributed by atoms with Gasteiger partial charge in [-0.3, -0.25) is 0 Å². The van der Waals surface area contributed by atoms with Crippen LogP contribution in [0.2, 0.25) is 0 Å². The third kappa shape index (κ3) is 1.97. The van der Waals surface area contributed by atoms with Crippen LogP contribution in [0, 0.1) is 0 Å². The van der Waals surface area contributed by atoms with E-state index in [0.29, 0.717) is 11.8 Å². The Balaban J connectivity index is 2.15. The third-order valence-corrected chi connectivity index (χ3v) is 3.82. The smallest absolute Gasteiger partial charge is 0.257 e. The maximum Gasteiger partial charge on any atom is 0.257 e. The largest absolute Gasteiger partial charge is 0.368 e. The number of halogens is 1. The van der Waals surface area contributed by atoms with Gasteiger partial charge in [-0.2, -0.15) is 36.1 Å². The minimum Gasteiger partial charge on any atom is -0.368 e. The monoisotopic (exact) mass is 323 g/mol. The summed E-state index contributed by atoms with van der Waals surface area (Å²) in [5, 5.41) is 7.84. The number of nitrogens with two attached hydrogens (primary N) is 1. The van der Waals surface area contributed by atoms with E-state index in [1.165, 1.54) is 17.3 Å². The zero-order chi connectivity index (χ0) is 12.5. The maximum atomic E-state index is 5.69. The van der Waals surface area contributed by atoms with E-state index in [1.54, 1.807) is 11.3 Å². The van der Waals surface area contributed by atoms with Gasteiger partial charge in [0, 0.05) is 20.8 Å². The van der Waals surface area contributed by atoms with Crippen LogP contribution >= 0.6 is 27.3 Å². The number of nitrogens with zero attached hydrogens (tertiary/aromatic N) is 6. The minimum absolute atomic E-state index is 0.142. The number of hydrogen-bond acceptors (Lipinski definition) is 7. The van der Waals surface area contributed by atoms with Crippen molar-refractivity contribution in [2.24, 2.45) is 0 Å². The molecule has 18 heavy (non-hydrogen) atoms. The van der Waals surface area contributed by atoms with Crippen LogP contribution in [0.4, 0.5) is 5.95 Å². The highest BCUT2D eigenvalue weighted by Crippen LogP contribution is 2.29. The number of aromatic nitrogens is 6. The first-order valence-corrected chi connectivity index (χ1v) is 6.56. The van der Waals surface area contributed by atoms with Gasteiger partial charge in [-0.05, 0) is 15.9 Å². The molecule has 90 valence electrons. The fraction of sp³-hybridized carbons (Fsp3) is 0. The summed E-state index contributed by atoms with van der Waals surface area (Å²) >= 11 is 4.98. The molecule has 0 atom stereocenters. The molecule has 9 heteroatoms. The molecule has 0 aliphatic rings. The lowest BCUT2D eigenvalue weighted by atomic mass is 10.3. The van der Waals surface area contributed by atoms with E-state index >= 15 is 0 Å². The van der Waals surface area contributed by atoms with Crippen LogP contribution in [0.15, 0.2) is 27.9 Å². The number of hydrogen-bond donors (Lipinski definition) is 1. The van der Waals surface area contributed by atoms with Gasteiger partial charge >= 0.3 is 0 Å². The lowest BCUT2D eigenvalue weighted by Crippen LogP contribution is -2.07. The molecule has 2 N–H and O–H groups in total. The van der Waals surface area contributed by atoms with Crippen LogP contribution in [-0.4, -0.2) is 29.7 Å². The first-order valence-electron chi connectivity index (χ1n) is 4.82. The van der Waals surface area contributed by atoms with Crippen molar-refractivity contribution in [3.63, 3.8) is 0 Å². The summed E-state index contributed by atoms with van der Waals surface area (Å²) in [6.45, 7) is 0. The topological polar surface area (TPSA) is 95.4 Å². The van der Waals surface area contributed by atoms with Crippen molar-refractivity contribution in [3.8, 4) is 17.3 Å². The predicted molar refractivity (Wildman–Crippen MR) is 70.2 cm³/mol. The van der Waals surface area contributed by atoms with Gasteiger partial charge in [0.2, 0.25) is 5.95 Å². The zero-order valence-electron chi connectivity index (χ0n) is 8.86. The number of thiophene rings is 1. The Labute approximate surface area is 114 Å². The van der Waals surface area contributed by atoms with E-state index in [4.69, 9.17) is 5.73 Å². The summed E-state index contributed by atoms with van der Waals surface area (Å²) in [5.41, 5.74) is 6.56. The Bertz CT molecular complexity index is 678. The molecule has 0 unspecified atom stereocenters. The van der Waals surface area contributed by atoms with Gasteiger partial charge in [0.05, 0.1) is 0 Å². The molecule has 0 aliphatic carbocycles. The molecule has 0 fully saturated rings. The van der Waals surface area contributed by atoms with E-state index in [0.717, 1.165) is 10.0 Å². The number of rotatable bonds is 2.